The van der Waals surface area contributed by atoms with Crippen LogP contribution in [0.25, 0.3) is 11.3 Å². The van der Waals surface area contributed by atoms with Gasteiger partial charge in [0.15, 0.2) is 0 Å². The summed E-state index contributed by atoms with van der Waals surface area (Å²) in [6, 6.07) is 11.8. The van der Waals surface area contributed by atoms with Crippen LogP contribution in [0.3, 0.4) is 0 Å². The van der Waals surface area contributed by atoms with Crippen LogP contribution in [0.5, 0.6) is 5.88 Å². The molecule has 0 saturated carbocycles. The minimum atomic E-state index is 0.604. The number of nitrogens with zero attached hydrogens (tertiary/aromatic N) is 1. The van der Waals surface area contributed by atoms with Crippen molar-refractivity contribution in [3.63, 3.8) is 0 Å². The zero-order valence-electron chi connectivity index (χ0n) is 12.5. The summed E-state index contributed by atoms with van der Waals surface area (Å²) in [5, 5.41) is 0. The highest BCUT2D eigenvalue weighted by atomic mass is 79.9. The molecule has 0 aliphatic heterocycles. The molecule has 0 amide bonds. The Bertz CT molecular complexity index is 585. The Morgan fingerprint density at radius 3 is 2.62 bits per heavy atom. The summed E-state index contributed by atoms with van der Waals surface area (Å²) >= 11 is 3.47. The SMILES string of the molecule is CC(C)CCCOc1nc(-c2ccccc2)c(N)cc1Br. The van der Waals surface area contributed by atoms with Crippen LogP contribution in [-0.4, -0.2) is 11.6 Å². The molecule has 2 rings (SSSR count). The van der Waals surface area contributed by atoms with Gasteiger partial charge in [-0.2, -0.15) is 0 Å². The van der Waals surface area contributed by atoms with Crippen LogP contribution in [0.15, 0.2) is 40.9 Å². The second-order valence-electron chi connectivity index (χ2n) is 5.46. The van der Waals surface area contributed by atoms with E-state index in [2.05, 4.69) is 34.8 Å². The average Bonchev–Trinajstić information content (AvgIpc) is 2.46. The maximum absolute atomic E-state index is 6.07. The molecular weight excluding hydrogens is 328 g/mol. The summed E-state index contributed by atoms with van der Waals surface area (Å²) in [7, 11) is 0. The minimum absolute atomic E-state index is 0.604. The number of aromatic nitrogens is 1. The van der Waals surface area contributed by atoms with E-state index >= 15 is 0 Å². The van der Waals surface area contributed by atoms with Crippen molar-refractivity contribution >= 4 is 21.6 Å². The van der Waals surface area contributed by atoms with Gasteiger partial charge in [0.25, 0.3) is 0 Å². The van der Waals surface area contributed by atoms with Gasteiger partial charge in [0.05, 0.1) is 22.5 Å². The van der Waals surface area contributed by atoms with E-state index in [1.807, 2.05) is 36.4 Å². The number of anilines is 1. The number of pyridine rings is 1. The highest BCUT2D eigenvalue weighted by molar-refractivity contribution is 9.10. The van der Waals surface area contributed by atoms with Crippen molar-refractivity contribution in [1.82, 2.24) is 4.98 Å². The van der Waals surface area contributed by atoms with E-state index in [9.17, 15) is 0 Å². The highest BCUT2D eigenvalue weighted by Crippen LogP contribution is 2.32. The highest BCUT2D eigenvalue weighted by Gasteiger charge is 2.11. The average molecular weight is 349 g/mol. The Morgan fingerprint density at radius 2 is 1.95 bits per heavy atom. The number of halogens is 1. The second kappa shape index (κ2) is 7.46. The monoisotopic (exact) mass is 348 g/mol. The third kappa shape index (κ3) is 4.46. The number of hydrogen-bond donors (Lipinski definition) is 1. The van der Waals surface area contributed by atoms with Crippen molar-refractivity contribution in [1.29, 1.82) is 0 Å². The third-order valence-electron chi connectivity index (χ3n) is 3.19. The largest absolute Gasteiger partial charge is 0.477 e. The van der Waals surface area contributed by atoms with E-state index in [1.54, 1.807) is 0 Å². The first-order valence-electron chi connectivity index (χ1n) is 7.22. The lowest BCUT2D eigenvalue weighted by Gasteiger charge is -2.12. The quantitative estimate of drug-likeness (QED) is 0.754. The van der Waals surface area contributed by atoms with Crippen LogP contribution < -0.4 is 10.5 Å². The zero-order chi connectivity index (χ0) is 15.2. The van der Waals surface area contributed by atoms with Crippen LogP contribution in [0.4, 0.5) is 5.69 Å². The van der Waals surface area contributed by atoms with E-state index < -0.39 is 0 Å². The topological polar surface area (TPSA) is 48.1 Å². The Balaban J connectivity index is 2.15. The number of hydrogen-bond acceptors (Lipinski definition) is 3. The molecule has 3 nitrogen and oxygen atoms in total. The molecule has 112 valence electrons. The van der Waals surface area contributed by atoms with E-state index in [-0.39, 0.29) is 0 Å². The van der Waals surface area contributed by atoms with Gasteiger partial charge >= 0.3 is 0 Å². The van der Waals surface area contributed by atoms with Gasteiger partial charge in [0.2, 0.25) is 5.88 Å². The first-order valence-corrected chi connectivity index (χ1v) is 8.01. The van der Waals surface area contributed by atoms with Gasteiger partial charge in [-0.3, -0.25) is 0 Å². The van der Waals surface area contributed by atoms with E-state index in [0.717, 1.165) is 28.6 Å². The first kappa shape index (κ1) is 15.8. The van der Waals surface area contributed by atoms with Crippen LogP contribution in [0, 0.1) is 5.92 Å². The Morgan fingerprint density at radius 1 is 1.24 bits per heavy atom. The molecule has 0 unspecified atom stereocenters. The molecule has 1 aromatic heterocycles. The van der Waals surface area contributed by atoms with Crippen LogP contribution in [-0.2, 0) is 0 Å². The number of ether oxygens (including phenoxy) is 1. The molecule has 0 aliphatic rings. The Hall–Kier alpha value is -1.55. The lowest BCUT2D eigenvalue weighted by molar-refractivity contribution is 0.286. The lowest BCUT2D eigenvalue weighted by atomic mass is 10.1. The predicted molar refractivity (Wildman–Crippen MR) is 91.4 cm³/mol. The fourth-order valence-electron chi connectivity index (χ4n) is 2.08. The maximum Gasteiger partial charge on any atom is 0.228 e. The Labute approximate surface area is 134 Å². The van der Waals surface area contributed by atoms with Crippen LogP contribution >= 0.6 is 15.9 Å². The minimum Gasteiger partial charge on any atom is -0.477 e. The van der Waals surface area contributed by atoms with Gasteiger partial charge in [-0.15, -0.1) is 0 Å². The molecule has 4 heteroatoms. The zero-order valence-corrected chi connectivity index (χ0v) is 14.1. The molecule has 0 bridgehead atoms. The fraction of sp³-hybridized carbons (Fsp3) is 0.353. The second-order valence-corrected chi connectivity index (χ2v) is 6.32. The molecular formula is C17H21BrN2O. The predicted octanol–water partition coefficient (Wildman–Crippen LogP) is 4.91. The summed E-state index contributed by atoms with van der Waals surface area (Å²) in [4.78, 5) is 4.56. The summed E-state index contributed by atoms with van der Waals surface area (Å²) in [6.07, 6.45) is 2.18. The summed E-state index contributed by atoms with van der Waals surface area (Å²) in [6.45, 7) is 5.09. The van der Waals surface area contributed by atoms with Gasteiger partial charge < -0.3 is 10.5 Å². The van der Waals surface area contributed by atoms with Crippen LogP contribution in [0.2, 0.25) is 0 Å². The van der Waals surface area contributed by atoms with Crippen molar-refractivity contribution in [2.75, 3.05) is 12.3 Å². The van der Waals surface area contributed by atoms with Gasteiger partial charge in [-0.1, -0.05) is 44.2 Å². The molecule has 0 atom stereocenters. The standard InChI is InChI=1S/C17H21BrN2O/c1-12(2)7-6-10-21-17-14(18)11-15(19)16(20-17)13-8-4-3-5-9-13/h3-5,8-9,11-12H,6-7,10,19H2,1-2H3. The number of rotatable bonds is 6. The van der Waals surface area contributed by atoms with Crippen LogP contribution in [0.1, 0.15) is 26.7 Å². The number of nitrogen functional groups attached to an aromatic ring is 1. The molecule has 0 aliphatic carbocycles. The molecule has 0 radical (unpaired) electrons. The normalized spacial score (nSPS) is 10.9. The smallest absolute Gasteiger partial charge is 0.228 e. The lowest BCUT2D eigenvalue weighted by Crippen LogP contribution is -2.03. The molecule has 2 aromatic rings. The molecule has 21 heavy (non-hydrogen) atoms. The van der Waals surface area contributed by atoms with Crippen molar-refractivity contribution in [2.45, 2.75) is 26.7 Å². The first-order chi connectivity index (χ1) is 10.1. The Kier molecular flexibility index (Phi) is 5.62. The molecule has 1 aromatic carbocycles. The van der Waals surface area contributed by atoms with Crippen molar-refractivity contribution in [3.8, 4) is 17.1 Å². The number of benzene rings is 1. The molecule has 2 N–H and O–H groups in total. The molecule has 0 saturated heterocycles. The van der Waals surface area contributed by atoms with E-state index in [0.29, 0.717) is 24.1 Å². The molecule has 1 heterocycles. The van der Waals surface area contributed by atoms with Crippen molar-refractivity contribution < 1.29 is 4.74 Å². The van der Waals surface area contributed by atoms with Gasteiger partial charge in [0.1, 0.15) is 0 Å². The summed E-state index contributed by atoms with van der Waals surface area (Å²) in [5.41, 5.74) is 8.47. The summed E-state index contributed by atoms with van der Waals surface area (Å²) in [5.74, 6) is 1.29. The van der Waals surface area contributed by atoms with Gasteiger partial charge in [0, 0.05) is 5.56 Å². The van der Waals surface area contributed by atoms with E-state index in [4.69, 9.17) is 10.5 Å². The van der Waals surface area contributed by atoms with Gasteiger partial charge in [-0.25, -0.2) is 4.98 Å². The fourth-order valence-corrected chi connectivity index (χ4v) is 2.52. The van der Waals surface area contributed by atoms with Gasteiger partial charge in [-0.05, 0) is 40.8 Å². The summed E-state index contributed by atoms with van der Waals surface area (Å²) < 4.78 is 6.59. The van der Waals surface area contributed by atoms with E-state index in [1.165, 1.54) is 0 Å². The number of nitrogens with two attached hydrogens (primary N) is 1. The molecule has 0 spiro atoms. The van der Waals surface area contributed by atoms with Crippen molar-refractivity contribution in [3.05, 3.63) is 40.9 Å². The maximum atomic E-state index is 6.07. The molecule has 0 fully saturated rings. The third-order valence-corrected chi connectivity index (χ3v) is 3.75. The van der Waals surface area contributed by atoms with Crippen molar-refractivity contribution in [2.24, 2.45) is 5.92 Å².